The van der Waals surface area contributed by atoms with E-state index in [2.05, 4.69) is 31.2 Å². The molecule has 0 amide bonds. The molecule has 0 saturated carbocycles. The zero-order valence-electron chi connectivity index (χ0n) is 14.1. The van der Waals surface area contributed by atoms with E-state index in [1.54, 1.807) is 0 Å². The van der Waals surface area contributed by atoms with E-state index in [-0.39, 0.29) is 30.9 Å². The van der Waals surface area contributed by atoms with Gasteiger partial charge in [0.25, 0.3) is 0 Å². The van der Waals surface area contributed by atoms with Gasteiger partial charge in [0.15, 0.2) is 0 Å². The van der Waals surface area contributed by atoms with Gasteiger partial charge in [-0.15, -0.1) is 24.8 Å². The number of nitrogens with zero attached hydrogens (tertiary/aromatic N) is 1. The van der Waals surface area contributed by atoms with Gasteiger partial charge >= 0.3 is 0 Å². The fraction of sp³-hybridized carbons (Fsp3) is 0.647. The number of halogens is 3. The molecular formula is C17H29Cl3N2O. The van der Waals surface area contributed by atoms with Crippen LogP contribution in [-0.4, -0.2) is 44.2 Å². The number of benzene rings is 1. The highest BCUT2D eigenvalue weighted by Gasteiger charge is 2.26. The molecule has 3 atom stereocenters. The van der Waals surface area contributed by atoms with Gasteiger partial charge in [-0.25, -0.2) is 0 Å². The van der Waals surface area contributed by atoms with E-state index in [1.807, 2.05) is 24.3 Å². The molecule has 0 radical (unpaired) electrons. The van der Waals surface area contributed by atoms with Crippen LogP contribution in [-0.2, 0) is 0 Å². The lowest BCUT2D eigenvalue weighted by Crippen LogP contribution is -2.47. The quantitative estimate of drug-likeness (QED) is 0.794. The molecular weight excluding hydrogens is 355 g/mol. The molecule has 1 aromatic carbocycles. The molecule has 1 aliphatic heterocycles. The molecule has 0 aliphatic carbocycles. The Balaban J connectivity index is 0.00000242. The maximum absolute atomic E-state index is 6.05. The van der Waals surface area contributed by atoms with Gasteiger partial charge < -0.3 is 15.0 Å². The molecule has 0 spiro atoms. The molecule has 1 saturated heterocycles. The van der Waals surface area contributed by atoms with Crippen molar-refractivity contribution >= 4 is 36.4 Å². The van der Waals surface area contributed by atoms with E-state index < -0.39 is 0 Å². The molecule has 134 valence electrons. The summed E-state index contributed by atoms with van der Waals surface area (Å²) in [7, 11) is 4.29. The van der Waals surface area contributed by atoms with Crippen molar-refractivity contribution in [2.75, 3.05) is 27.2 Å². The number of hydrogen-bond acceptors (Lipinski definition) is 3. The Bertz CT molecular complexity index is 428. The predicted octanol–water partition coefficient (Wildman–Crippen LogP) is 4.27. The van der Waals surface area contributed by atoms with Gasteiger partial charge in [-0.1, -0.05) is 11.6 Å². The summed E-state index contributed by atoms with van der Waals surface area (Å²) in [5.74, 6) is 1.69. The van der Waals surface area contributed by atoms with Crippen molar-refractivity contribution in [2.45, 2.75) is 38.3 Å². The van der Waals surface area contributed by atoms with Crippen LogP contribution in [0, 0.1) is 5.92 Å². The van der Waals surface area contributed by atoms with Crippen LogP contribution in [0.4, 0.5) is 0 Å². The van der Waals surface area contributed by atoms with Crippen molar-refractivity contribution in [3.63, 3.8) is 0 Å². The van der Waals surface area contributed by atoms with Crippen molar-refractivity contribution in [2.24, 2.45) is 5.92 Å². The summed E-state index contributed by atoms with van der Waals surface area (Å²) in [5.41, 5.74) is 0. The summed E-state index contributed by atoms with van der Waals surface area (Å²) in [4.78, 5) is 2.27. The molecule has 0 bridgehead atoms. The summed E-state index contributed by atoms with van der Waals surface area (Å²) < 4.78 is 6.05. The predicted molar refractivity (Wildman–Crippen MR) is 104 cm³/mol. The molecule has 0 aromatic heterocycles. The van der Waals surface area contributed by atoms with Gasteiger partial charge in [0.1, 0.15) is 11.9 Å². The third-order valence-electron chi connectivity index (χ3n) is 4.23. The highest BCUT2D eigenvalue weighted by molar-refractivity contribution is 6.30. The molecule has 1 aromatic rings. The van der Waals surface area contributed by atoms with Crippen molar-refractivity contribution < 1.29 is 4.74 Å². The minimum Gasteiger partial charge on any atom is -0.489 e. The van der Waals surface area contributed by atoms with E-state index in [4.69, 9.17) is 16.3 Å². The summed E-state index contributed by atoms with van der Waals surface area (Å²) in [6.07, 6.45) is 3.92. The molecule has 6 heteroatoms. The minimum absolute atomic E-state index is 0. The van der Waals surface area contributed by atoms with Gasteiger partial charge in [0.2, 0.25) is 0 Å². The number of rotatable bonds is 6. The van der Waals surface area contributed by atoms with Gasteiger partial charge in [0.05, 0.1) is 0 Å². The van der Waals surface area contributed by atoms with E-state index >= 15 is 0 Å². The SMILES string of the molecule is CC(Oc1ccc(Cl)cc1)C1CC(CCN(C)C)CCN1.Cl.Cl. The van der Waals surface area contributed by atoms with Gasteiger partial charge in [-0.05, 0) is 83.6 Å². The second-order valence-electron chi connectivity index (χ2n) is 6.32. The van der Waals surface area contributed by atoms with E-state index in [0.717, 1.165) is 23.2 Å². The first-order valence-corrected chi connectivity index (χ1v) is 8.22. The Morgan fingerprint density at radius 1 is 1.26 bits per heavy atom. The summed E-state index contributed by atoms with van der Waals surface area (Å²) in [6, 6.07) is 8.05. The van der Waals surface area contributed by atoms with Crippen LogP contribution in [0.25, 0.3) is 0 Å². The molecule has 2 rings (SSSR count). The van der Waals surface area contributed by atoms with Crippen LogP contribution < -0.4 is 10.1 Å². The highest BCUT2D eigenvalue weighted by Crippen LogP contribution is 2.24. The normalized spacial score (nSPS) is 22.0. The second kappa shape index (κ2) is 11.4. The van der Waals surface area contributed by atoms with Gasteiger partial charge in [0, 0.05) is 11.1 Å². The number of nitrogens with one attached hydrogen (secondary N) is 1. The Hall–Kier alpha value is -0.190. The Morgan fingerprint density at radius 3 is 2.52 bits per heavy atom. The molecule has 3 nitrogen and oxygen atoms in total. The Kier molecular flexibility index (Phi) is 11.3. The second-order valence-corrected chi connectivity index (χ2v) is 6.76. The first kappa shape index (κ1) is 22.8. The summed E-state index contributed by atoms with van der Waals surface area (Å²) >= 11 is 5.90. The Morgan fingerprint density at radius 2 is 1.91 bits per heavy atom. The first-order chi connectivity index (χ1) is 10.0. The third-order valence-corrected chi connectivity index (χ3v) is 4.49. The average molecular weight is 384 g/mol. The summed E-state index contributed by atoms with van der Waals surface area (Å²) in [5, 5.41) is 4.35. The van der Waals surface area contributed by atoms with E-state index in [0.29, 0.717) is 6.04 Å². The van der Waals surface area contributed by atoms with Crippen LogP contribution in [0.1, 0.15) is 26.2 Å². The smallest absolute Gasteiger partial charge is 0.119 e. The fourth-order valence-electron chi connectivity index (χ4n) is 2.90. The zero-order valence-corrected chi connectivity index (χ0v) is 16.5. The Labute approximate surface area is 157 Å². The van der Waals surface area contributed by atoms with Crippen molar-refractivity contribution in [3.05, 3.63) is 29.3 Å². The largest absolute Gasteiger partial charge is 0.489 e. The molecule has 1 fully saturated rings. The average Bonchev–Trinajstić information content (AvgIpc) is 2.48. The topological polar surface area (TPSA) is 24.5 Å². The van der Waals surface area contributed by atoms with Gasteiger partial charge in [-0.2, -0.15) is 0 Å². The van der Waals surface area contributed by atoms with Gasteiger partial charge in [-0.3, -0.25) is 0 Å². The number of hydrogen-bond donors (Lipinski definition) is 1. The standard InChI is InChI=1S/C17H27ClN2O.2ClH/c1-13(21-16-6-4-15(18)5-7-16)17-12-14(8-10-19-17)9-11-20(2)3;;/h4-7,13-14,17,19H,8-12H2,1-3H3;2*1H. The first-order valence-electron chi connectivity index (χ1n) is 7.85. The molecule has 3 unspecified atom stereocenters. The lowest BCUT2D eigenvalue weighted by atomic mass is 9.87. The molecule has 1 heterocycles. The maximum Gasteiger partial charge on any atom is 0.119 e. The molecule has 1 aliphatic rings. The van der Waals surface area contributed by atoms with Crippen LogP contribution in [0.15, 0.2) is 24.3 Å². The third kappa shape index (κ3) is 7.95. The highest BCUT2D eigenvalue weighted by atomic mass is 35.5. The lowest BCUT2D eigenvalue weighted by molar-refractivity contribution is 0.129. The number of ether oxygens (including phenoxy) is 1. The van der Waals surface area contributed by atoms with E-state index in [1.165, 1.54) is 25.8 Å². The molecule has 1 N–H and O–H groups in total. The zero-order chi connectivity index (χ0) is 15.2. The summed E-state index contributed by atoms with van der Waals surface area (Å²) in [6.45, 7) is 4.42. The number of piperidine rings is 1. The van der Waals surface area contributed by atoms with Crippen LogP contribution >= 0.6 is 36.4 Å². The van der Waals surface area contributed by atoms with Crippen molar-refractivity contribution in [3.8, 4) is 5.75 Å². The van der Waals surface area contributed by atoms with Crippen molar-refractivity contribution in [1.82, 2.24) is 10.2 Å². The van der Waals surface area contributed by atoms with Crippen LogP contribution in [0.5, 0.6) is 5.75 Å². The van der Waals surface area contributed by atoms with E-state index in [9.17, 15) is 0 Å². The maximum atomic E-state index is 6.05. The monoisotopic (exact) mass is 382 g/mol. The molecule has 23 heavy (non-hydrogen) atoms. The van der Waals surface area contributed by atoms with Crippen LogP contribution in [0.2, 0.25) is 5.02 Å². The van der Waals surface area contributed by atoms with Crippen LogP contribution in [0.3, 0.4) is 0 Å². The minimum atomic E-state index is 0. The lowest BCUT2D eigenvalue weighted by Gasteiger charge is -2.34. The van der Waals surface area contributed by atoms with Crippen molar-refractivity contribution in [1.29, 1.82) is 0 Å². The fourth-order valence-corrected chi connectivity index (χ4v) is 3.03.